The molecule has 0 spiro atoms. The number of ether oxygens (including phenoxy) is 2. The first-order valence-electron chi connectivity index (χ1n) is 17.7. The molecule has 48 heavy (non-hydrogen) atoms. The number of unbranched alkanes of at least 4 members (excludes halogenated alkanes) is 3. The number of nitrogens with one attached hydrogen (secondary N) is 2. The van der Waals surface area contributed by atoms with Gasteiger partial charge in [-0.2, -0.15) is 0 Å². The molecule has 2 amide bonds. The molecule has 0 aromatic heterocycles. The van der Waals surface area contributed by atoms with Gasteiger partial charge in [0, 0.05) is 37.1 Å². The van der Waals surface area contributed by atoms with Crippen LogP contribution in [-0.4, -0.2) is 47.6 Å². The molecule has 5 N–H and O–H groups in total. The van der Waals surface area contributed by atoms with E-state index in [1.165, 1.54) is 32.1 Å². The Morgan fingerprint density at radius 1 is 0.771 bits per heavy atom. The minimum Gasteiger partial charge on any atom is -0.397 e. The molecule has 2 heterocycles. The number of likely N-dealkylation sites (tertiary alicyclic amines) is 1. The van der Waals surface area contributed by atoms with Crippen molar-refractivity contribution in [1.82, 2.24) is 4.90 Å². The van der Waals surface area contributed by atoms with Gasteiger partial charge in [0.2, 0.25) is 11.8 Å². The molecular formula is C39H52N4O5. The van der Waals surface area contributed by atoms with E-state index >= 15 is 0 Å². The lowest BCUT2D eigenvalue weighted by atomic mass is 9.99. The van der Waals surface area contributed by atoms with E-state index in [0.29, 0.717) is 24.2 Å². The first-order chi connectivity index (χ1) is 23.5. The topological polar surface area (TPSA) is 126 Å². The number of rotatable bonds is 14. The lowest BCUT2D eigenvalue weighted by Crippen LogP contribution is -2.40. The summed E-state index contributed by atoms with van der Waals surface area (Å²) >= 11 is 0. The number of benzene rings is 3. The average molecular weight is 657 g/mol. The monoisotopic (exact) mass is 656 g/mol. The highest BCUT2D eigenvalue weighted by Gasteiger charge is 2.33. The minimum absolute atomic E-state index is 0.00601. The van der Waals surface area contributed by atoms with Crippen LogP contribution in [0.5, 0.6) is 0 Å². The number of aliphatic hydroxyl groups excluding tert-OH is 1. The lowest BCUT2D eigenvalue weighted by molar-refractivity contribution is -0.253. The summed E-state index contributed by atoms with van der Waals surface area (Å²) in [5.74, 6) is -0.0854. The summed E-state index contributed by atoms with van der Waals surface area (Å²) in [4.78, 5) is 27.6. The summed E-state index contributed by atoms with van der Waals surface area (Å²) < 4.78 is 13.2. The Morgan fingerprint density at radius 2 is 1.46 bits per heavy atom. The van der Waals surface area contributed by atoms with Crippen LogP contribution in [0, 0.1) is 0 Å². The number of nitrogens with two attached hydrogens (primary N) is 1. The van der Waals surface area contributed by atoms with Crippen LogP contribution >= 0.6 is 0 Å². The van der Waals surface area contributed by atoms with Crippen LogP contribution in [0.15, 0.2) is 72.8 Å². The maximum atomic E-state index is 12.8. The Kier molecular flexibility index (Phi) is 13.8. The summed E-state index contributed by atoms with van der Waals surface area (Å²) in [6, 6.07) is 23.0. The molecule has 3 atom stereocenters. The van der Waals surface area contributed by atoms with Gasteiger partial charge in [0.05, 0.1) is 30.2 Å². The molecule has 3 aromatic carbocycles. The van der Waals surface area contributed by atoms with Crippen LogP contribution < -0.4 is 16.4 Å². The van der Waals surface area contributed by atoms with Crippen LogP contribution in [0.1, 0.15) is 106 Å². The molecule has 9 heteroatoms. The van der Waals surface area contributed by atoms with Gasteiger partial charge in [-0.15, -0.1) is 0 Å². The molecular weight excluding hydrogens is 604 g/mol. The van der Waals surface area contributed by atoms with Crippen molar-refractivity contribution in [2.24, 2.45) is 0 Å². The van der Waals surface area contributed by atoms with E-state index in [1.54, 1.807) is 12.1 Å². The Morgan fingerprint density at radius 3 is 2.17 bits per heavy atom. The van der Waals surface area contributed by atoms with E-state index in [0.717, 1.165) is 74.1 Å². The summed E-state index contributed by atoms with van der Waals surface area (Å²) in [7, 11) is 0. The van der Waals surface area contributed by atoms with E-state index in [2.05, 4.69) is 15.5 Å². The van der Waals surface area contributed by atoms with Crippen molar-refractivity contribution >= 4 is 28.9 Å². The quantitative estimate of drug-likeness (QED) is 0.105. The third-order valence-electron chi connectivity index (χ3n) is 9.26. The summed E-state index contributed by atoms with van der Waals surface area (Å²) in [5.41, 5.74) is 10.6. The zero-order valence-electron chi connectivity index (χ0n) is 28.1. The van der Waals surface area contributed by atoms with Crippen molar-refractivity contribution in [3.05, 3.63) is 89.5 Å². The number of hydrogen-bond acceptors (Lipinski definition) is 7. The predicted molar refractivity (Wildman–Crippen MR) is 190 cm³/mol. The van der Waals surface area contributed by atoms with Gasteiger partial charge in [0.1, 0.15) is 0 Å². The van der Waals surface area contributed by atoms with Crippen LogP contribution in [0.3, 0.4) is 0 Å². The van der Waals surface area contributed by atoms with Crippen molar-refractivity contribution < 1.29 is 24.2 Å². The van der Waals surface area contributed by atoms with Crippen LogP contribution in [-0.2, 0) is 25.7 Å². The highest BCUT2D eigenvalue weighted by Crippen LogP contribution is 2.39. The molecule has 5 rings (SSSR count). The summed E-state index contributed by atoms with van der Waals surface area (Å²) in [5, 5.41) is 15.4. The number of amides is 2. The Labute approximate surface area is 285 Å². The molecule has 0 saturated carbocycles. The number of carbonyl (C=O) groups is 2. The van der Waals surface area contributed by atoms with Gasteiger partial charge >= 0.3 is 0 Å². The fraction of sp³-hybridized carbons (Fsp3) is 0.487. The highest BCUT2D eigenvalue weighted by molar-refractivity contribution is 5.93. The second kappa shape index (κ2) is 18.7. The number of aliphatic hydroxyl groups is 1. The Hall–Kier alpha value is -3.76. The Balaban J connectivity index is 1.12. The van der Waals surface area contributed by atoms with Crippen LogP contribution in [0.4, 0.5) is 17.1 Å². The molecule has 0 bridgehead atoms. The number of nitrogen functional groups attached to an aromatic ring is 1. The highest BCUT2D eigenvalue weighted by atomic mass is 16.7. The number of hydrogen-bond donors (Lipinski definition) is 4. The number of carbonyl (C=O) groups excluding carboxylic acids is 2. The summed E-state index contributed by atoms with van der Waals surface area (Å²) in [6.45, 7) is 3.08. The van der Waals surface area contributed by atoms with E-state index in [-0.39, 0.29) is 30.6 Å². The van der Waals surface area contributed by atoms with Gasteiger partial charge < -0.3 is 35.8 Å². The van der Waals surface area contributed by atoms with Crippen LogP contribution in [0.2, 0.25) is 0 Å². The smallest absolute Gasteiger partial charge is 0.224 e. The van der Waals surface area contributed by atoms with E-state index < -0.39 is 6.29 Å². The van der Waals surface area contributed by atoms with Gasteiger partial charge in [-0.3, -0.25) is 9.59 Å². The maximum absolute atomic E-state index is 12.8. The molecule has 0 aliphatic carbocycles. The normalized spacial score (nSPS) is 20.4. The molecule has 3 unspecified atom stereocenters. The number of nitrogens with zero attached hydrogens (tertiary/aromatic N) is 1. The molecule has 2 fully saturated rings. The van der Waals surface area contributed by atoms with Crippen molar-refractivity contribution in [1.29, 1.82) is 0 Å². The van der Waals surface area contributed by atoms with E-state index in [1.807, 2.05) is 60.7 Å². The van der Waals surface area contributed by atoms with Crippen molar-refractivity contribution in [2.75, 3.05) is 36.0 Å². The van der Waals surface area contributed by atoms with Crippen molar-refractivity contribution in [2.45, 2.75) is 102 Å². The zero-order valence-corrected chi connectivity index (χ0v) is 28.1. The first-order valence-corrected chi connectivity index (χ1v) is 17.7. The minimum atomic E-state index is -0.562. The molecule has 2 aliphatic heterocycles. The third kappa shape index (κ3) is 11.2. The van der Waals surface area contributed by atoms with Gasteiger partial charge in [-0.05, 0) is 74.2 Å². The predicted octanol–water partition coefficient (Wildman–Crippen LogP) is 7.49. The fourth-order valence-corrected chi connectivity index (χ4v) is 6.55. The lowest BCUT2D eigenvalue weighted by Gasteiger charge is -2.39. The molecule has 2 aliphatic rings. The van der Waals surface area contributed by atoms with Gasteiger partial charge in [-0.25, -0.2) is 0 Å². The van der Waals surface area contributed by atoms with E-state index in [4.69, 9.17) is 15.2 Å². The fourth-order valence-electron chi connectivity index (χ4n) is 6.55. The molecule has 9 nitrogen and oxygen atoms in total. The standard InChI is InChI=1S/C39H52N4O5/c40-34-15-8-9-16-35(34)42-38(46)18-7-3-2-6-17-37(45)41-32-14-12-13-31(25-32)39-47-33(27-43-23-10-4-1-5-11-24-43)26-36(48-39)30-21-19-29(28-44)20-22-30/h8-9,12-16,19-22,25,33,36,39,44H,1-7,10-11,17-18,23-24,26-28,40H2,(H,41,45)(H,42,46). The summed E-state index contributed by atoms with van der Waals surface area (Å²) in [6.07, 6.45) is 10.5. The largest absolute Gasteiger partial charge is 0.397 e. The van der Waals surface area contributed by atoms with Crippen molar-refractivity contribution in [3.63, 3.8) is 0 Å². The van der Waals surface area contributed by atoms with Crippen molar-refractivity contribution in [3.8, 4) is 0 Å². The molecule has 0 radical (unpaired) electrons. The third-order valence-corrected chi connectivity index (χ3v) is 9.26. The second-order valence-electron chi connectivity index (χ2n) is 13.1. The average Bonchev–Trinajstić information content (AvgIpc) is 3.08. The molecule has 2 saturated heterocycles. The number of anilines is 3. The van der Waals surface area contributed by atoms with Gasteiger partial charge in [0.25, 0.3) is 0 Å². The molecule has 258 valence electrons. The molecule has 3 aromatic rings. The zero-order chi connectivity index (χ0) is 33.6. The van der Waals surface area contributed by atoms with Gasteiger partial charge in [0.15, 0.2) is 6.29 Å². The van der Waals surface area contributed by atoms with E-state index in [9.17, 15) is 14.7 Å². The maximum Gasteiger partial charge on any atom is 0.224 e. The SMILES string of the molecule is Nc1ccccc1NC(=O)CCCCCCC(=O)Nc1cccc(C2OC(CN3CCCCCCC3)CC(c3ccc(CO)cc3)O2)c1. The second-order valence-corrected chi connectivity index (χ2v) is 13.1. The van der Waals surface area contributed by atoms with Crippen LogP contribution in [0.25, 0.3) is 0 Å². The Bertz CT molecular complexity index is 1440. The number of para-hydroxylation sites is 2. The first kappa shape index (κ1) is 35.5. The van der Waals surface area contributed by atoms with Gasteiger partial charge in [-0.1, -0.05) is 80.6 Å².